The van der Waals surface area contributed by atoms with Crippen molar-refractivity contribution >= 4 is 17.6 Å². The van der Waals surface area contributed by atoms with Gasteiger partial charge in [0.25, 0.3) is 0 Å². The van der Waals surface area contributed by atoms with Crippen LogP contribution in [0.2, 0.25) is 0 Å². The highest BCUT2D eigenvalue weighted by Crippen LogP contribution is 2.22. The normalized spacial score (nSPS) is 12.7. The predicted octanol–water partition coefficient (Wildman–Crippen LogP) is 1.36. The van der Waals surface area contributed by atoms with E-state index in [0.717, 1.165) is 14.9 Å². The zero-order valence-corrected chi connectivity index (χ0v) is 15.7. The predicted molar refractivity (Wildman–Crippen MR) is 105 cm³/mol. The van der Waals surface area contributed by atoms with Crippen molar-refractivity contribution in [1.82, 2.24) is 19.7 Å². The van der Waals surface area contributed by atoms with Crippen molar-refractivity contribution in [1.29, 1.82) is 0 Å². The Kier molecular flexibility index (Phi) is 4.86. The van der Waals surface area contributed by atoms with Gasteiger partial charge in [0.15, 0.2) is 5.82 Å². The zero-order valence-electron chi connectivity index (χ0n) is 15.7. The second-order valence-electron chi connectivity index (χ2n) is 6.47. The number of amides is 2. The van der Waals surface area contributed by atoms with Crippen LogP contribution in [0.25, 0.3) is 0 Å². The van der Waals surface area contributed by atoms with Gasteiger partial charge in [-0.25, -0.2) is 14.3 Å². The third-order valence-electron chi connectivity index (χ3n) is 4.67. The van der Waals surface area contributed by atoms with Crippen molar-refractivity contribution < 1.29 is 14.3 Å². The molecule has 1 N–H and O–H groups in total. The second-order valence-corrected chi connectivity index (χ2v) is 6.47. The zero-order chi connectivity index (χ0) is 20.4. The molecule has 1 aliphatic rings. The number of rotatable bonds is 6. The molecule has 148 valence electrons. The maximum absolute atomic E-state index is 12.8. The molecule has 1 aliphatic heterocycles. The van der Waals surface area contributed by atoms with Gasteiger partial charge in [-0.3, -0.25) is 9.69 Å². The molecule has 0 radical (unpaired) electrons. The van der Waals surface area contributed by atoms with Crippen molar-refractivity contribution in [2.75, 3.05) is 12.0 Å². The van der Waals surface area contributed by atoms with Gasteiger partial charge in [0.05, 0.1) is 13.7 Å². The number of methoxy groups -OCH3 is 1. The smallest absolute Gasteiger partial charge is 0.365 e. The molecule has 0 atom stereocenters. The van der Waals surface area contributed by atoms with Crippen LogP contribution in [0.5, 0.6) is 5.75 Å². The van der Waals surface area contributed by atoms with Crippen LogP contribution in [0.3, 0.4) is 0 Å². The molecule has 3 aromatic rings. The van der Waals surface area contributed by atoms with Gasteiger partial charge < -0.3 is 10.1 Å². The minimum atomic E-state index is -0.631. The second kappa shape index (κ2) is 7.63. The Morgan fingerprint density at radius 3 is 2.59 bits per heavy atom. The van der Waals surface area contributed by atoms with Gasteiger partial charge in [-0.1, -0.05) is 36.4 Å². The number of benzene rings is 2. The summed E-state index contributed by atoms with van der Waals surface area (Å²) in [6.45, 7) is 0.103. The first-order valence-electron chi connectivity index (χ1n) is 9.02. The van der Waals surface area contributed by atoms with Crippen LogP contribution in [0.4, 0.5) is 10.5 Å². The fourth-order valence-corrected chi connectivity index (χ4v) is 3.26. The molecule has 0 unspecified atom stereocenters. The standard InChI is InChI=1S/C20H19N5O4/c1-29-16-10-6-5-7-14(16)11-21-18(26)13-24-19(27)22-17-12-23(20(28)25(17)24)15-8-3-2-4-9-15/h2-10H,11-13H2,1H3,(H,21,26). The lowest BCUT2D eigenvalue weighted by atomic mass is 10.2. The van der Waals surface area contributed by atoms with Gasteiger partial charge in [0.1, 0.15) is 12.3 Å². The lowest BCUT2D eigenvalue weighted by Crippen LogP contribution is -2.38. The van der Waals surface area contributed by atoms with Gasteiger partial charge in [-0.15, -0.1) is 0 Å². The minimum Gasteiger partial charge on any atom is -0.496 e. The third kappa shape index (κ3) is 3.49. The van der Waals surface area contributed by atoms with Crippen molar-refractivity contribution in [2.24, 2.45) is 0 Å². The van der Waals surface area contributed by atoms with Gasteiger partial charge in [-0.2, -0.15) is 9.67 Å². The fourth-order valence-electron chi connectivity index (χ4n) is 3.26. The summed E-state index contributed by atoms with van der Waals surface area (Å²) in [6, 6.07) is 16.0. The maximum atomic E-state index is 12.8. The summed E-state index contributed by atoms with van der Waals surface area (Å²) in [6.07, 6.45) is 0. The van der Waals surface area contributed by atoms with Gasteiger partial charge >= 0.3 is 11.7 Å². The number of nitrogens with zero attached hydrogens (tertiary/aromatic N) is 4. The van der Waals surface area contributed by atoms with Crippen LogP contribution in [-0.4, -0.2) is 33.4 Å². The van der Waals surface area contributed by atoms with E-state index in [9.17, 15) is 14.4 Å². The molecule has 0 aliphatic carbocycles. The summed E-state index contributed by atoms with van der Waals surface area (Å²) in [5.74, 6) is 0.553. The Morgan fingerprint density at radius 1 is 1.10 bits per heavy atom. The number of fused-ring (bicyclic) bond motifs is 1. The average Bonchev–Trinajstić information content (AvgIpc) is 3.22. The van der Waals surface area contributed by atoms with Gasteiger partial charge in [-0.05, 0) is 18.2 Å². The molecule has 2 heterocycles. The Morgan fingerprint density at radius 2 is 1.83 bits per heavy atom. The number of nitrogens with one attached hydrogen (secondary N) is 1. The summed E-state index contributed by atoms with van der Waals surface area (Å²) in [5.41, 5.74) is 0.872. The number of hydrogen-bond donors (Lipinski definition) is 1. The highest BCUT2D eigenvalue weighted by Gasteiger charge is 2.33. The van der Waals surface area contributed by atoms with Crippen LogP contribution < -0.4 is 20.6 Å². The molecule has 9 nitrogen and oxygen atoms in total. The van der Waals surface area contributed by atoms with Crippen molar-refractivity contribution in [3.8, 4) is 5.75 Å². The Balaban J connectivity index is 1.49. The minimum absolute atomic E-state index is 0.175. The van der Waals surface area contributed by atoms with E-state index < -0.39 is 17.6 Å². The summed E-state index contributed by atoms with van der Waals surface area (Å²) in [4.78, 5) is 42.9. The van der Waals surface area contributed by atoms with Crippen LogP contribution in [0.1, 0.15) is 11.4 Å². The number of para-hydroxylation sites is 2. The Hall–Kier alpha value is -3.88. The van der Waals surface area contributed by atoms with E-state index >= 15 is 0 Å². The summed E-state index contributed by atoms with van der Waals surface area (Å²) in [5, 5.41) is 2.74. The van der Waals surface area contributed by atoms with E-state index in [1.54, 1.807) is 25.3 Å². The lowest BCUT2D eigenvalue weighted by molar-refractivity contribution is -0.122. The maximum Gasteiger partial charge on any atom is 0.365 e. The Labute approximate surface area is 166 Å². The molecule has 0 saturated heterocycles. The first kappa shape index (κ1) is 18.5. The van der Waals surface area contributed by atoms with E-state index in [1.165, 1.54) is 4.90 Å². The molecule has 9 heteroatoms. The Bertz CT molecular complexity index is 1120. The van der Waals surface area contributed by atoms with E-state index in [0.29, 0.717) is 17.3 Å². The quantitative estimate of drug-likeness (QED) is 0.682. The molecule has 0 bridgehead atoms. The molecule has 0 spiro atoms. The number of hydrogen-bond acceptors (Lipinski definition) is 5. The molecule has 4 rings (SSSR count). The van der Waals surface area contributed by atoms with Crippen LogP contribution in [0, 0.1) is 0 Å². The molecule has 29 heavy (non-hydrogen) atoms. The van der Waals surface area contributed by atoms with Crippen molar-refractivity contribution in [3.05, 3.63) is 76.5 Å². The van der Waals surface area contributed by atoms with E-state index in [4.69, 9.17) is 4.74 Å². The SMILES string of the molecule is COc1ccccc1CNC(=O)Cn1c(=O)nc2n1C(=O)N(c1ccccc1)C2. The lowest BCUT2D eigenvalue weighted by Gasteiger charge is -2.15. The van der Waals surface area contributed by atoms with Gasteiger partial charge in [0, 0.05) is 17.8 Å². The van der Waals surface area contributed by atoms with E-state index in [-0.39, 0.29) is 19.6 Å². The van der Waals surface area contributed by atoms with Crippen LogP contribution in [0.15, 0.2) is 59.4 Å². The summed E-state index contributed by atoms with van der Waals surface area (Å²) in [7, 11) is 1.56. The van der Waals surface area contributed by atoms with Crippen molar-refractivity contribution in [3.63, 3.8) is 0 Å². The van der Waals surface area contributed by atoms with E-state index in [2.05, 4.69) is 10.3 Å². The first-order valence-corrected chi connectivity index (χ1v) is 9.02. The molecule has 2 amide bonds. The monoisotopic (exact) mass is 393 g/mol. The van der Waals surface area contributed by atoms with E-state index in [1.807, 2.05) is 36.4 Å². The summed E-state index contributed by atoms with van der Waals surface area (Å²) >= 11 is 0. The number of ether oxygens (including phenoxy) is 1. The molecule has 0 fully saturated rings. The van der Waals surface area contributed by atoms with Crippen LogP contribution in [-0.2, 0) is 24.4 Å². The topological polar surface area (TPSA) is 98.5 Å². The van der Waals surface area contributed by atoms with Crippen molar-refractivity contribution in [2.45, 2.75) is 19.6 Å². The number of carbonyl (C=O) groups is 2. The highest BCUT2D eigenvalue weighted by molar-refractivity contribution is 5.95. The molecular weight excluding hydrogens is 374 g/mol. The largest absolute Gasteiger partial charge is 0.496 e. The number of aromatic nitrogens is 3. The molecule has 2 aromatic carbocycles. The number of anilines is 1. The molecule has 0 saturated carbocycles. The molecular formula is C20H19N5O4. The molecule has 1 aromatic heterocycles. The fraction of sp³-hybridized carbons (Fsp3) is 0.200. The van der Waals surface area contributed by atoms with Crippen LogP contribution >= 0.6 is 0 Å². The van der Waals surface area contributed by atoms with Gasteiger partial charge in [0.2, 0.25) is 5.91 Å². The third-order valence-corrected chi connectivity index (χ3v) is 4.67. The first-order chi connectivity index (χ1) is 14.1. The summed E-state index contributed by atoms with van der Waals surface area (Å²) < 4.78 is 7.48. The highest BCUT2D eigenvalue weighted by atomic mass is 16.5. The number of carbonyl (C=O) groups excluding carboxylic acids is 2. The average molecular weight is 393 g/mol.